The third-order valence-electron chi connectivity index (χ3n) is 9.50. The van der Waals surface area contributed by atoms with Gasteiger partial charge in [-0.3, -0.25) is 38.9 Å². The van der Waals surface area contributed by atoms with Crippen molar-refractivity contribution in [3.05, 3.63) is 144 Å². The SMILES string of the molecule is CC(C)[C@H](N)C(=O)N(C(=O)C=Cc1ccccn1)[C@@H](Cc1ccccc1)C(O)C(O)[C@H](Cc1ccccc1)N(C(=O)C=Cc1ccccn1)C(=O)[C@@H](N)C(C)C. The van der Waals surface area contributed by atoms with Crippen LogP contribution in [0.1, 0.15) is 50.2 Å². The Bertz CT molecular complexity index is 1780. The van der Waals surface area contributed by atoms with Crippen LogP contribution in [-0.4, -0.2) is 90.0 Å². The molecule has 4 rings (SSSR count). The normalized spacial score (nSPS) is 15.0. The summed E-state index contributed by atoms with van der Waals surface area (Å²) in [6.07, 6.45) is 4.25. The second-order valence-electron chi connectivity index (χ2n) is 14.3. The van der Waals surface area contributed by atoms with Crippen molar-refractivity contribution in [3.63, 3.8) is 0 Å². The second kappa shape index (κ2) is 20.9. The molecule has 6 atom stereocenters. The van der Waals surface area contributed by atoms with E-state index >= 15 is 0 Å². The molecule has 4 amide bonds. The highest BCUT2D eigenvalue weighted by molar-refractivity contribution is 6.05. The Morgan fingerprint density at radius 2 is 0.911 bits per heavy atom. The van der Waals surface area contributed by atoms with Crippen LogP contribution in [0, 0.1) is 11.8 Å². The molecule has 0 radical (unpaired) electrons. The summed E-state index contributed by atoms with van der Waals surface area (Å²) in [4.78, 5) is 67.2. The molecule has 2 aromatic heterocycles. The molecule has 2 unspecified atom stereocenters. The van der Waals surface area contributed by atoms with Gasteiger partial charge in [-0.1, -0.05) is 100 Å². The van der Waals surface area contributed by atoms with Gasteiger partial charge < -0.3 is 21.7 Å². The molecule has 12 nitrogen and oxygen atoms in total. The number of aliphatic hydroxyl groups excluding tert-OH is 2. The molecule has 12 heteroatoms. The minimum absolute atomic E-state index is 0.107. The van der Waals surface area contributed by atoms with Crippen molar-refractivity contribution in [2.45, 2.75) is 76.9 Å². The summed E-state index contributed by atoms with van der Waals surface area (Å²) in [5.41, 5.74) is 14.9. The first kappa shape index (κ1) is 43.1. The molecule has 0 saturated carbocycles. The first-order valence-electron chi connectivity index (χ1n) is 18.7. The van der Waals surface area contributed by atoms with Gasteiger partial charge in [0.2, 0.25) is 11.8 Å². The number of hydrogen-bond acceptors (Lipinski definition) is 10. The number of imide groups is 2. The number of rotatable bonds is 17. The molecule has 294 valence electrons. The Morgan fingerprint density at radius 1 is 0.571 bits per heavy atom. The van der Waals surface area contributed by atoms with E-state index in [1.165, 1.54) is 12.2 Å². The first-order valence-corrected chi connectivity index (χ1v) is 18.7. The number of nitrogens with zero attached hydrogens (tertiary/aromatic N) is 4. The van der Waals surface area contributed by atoms with Crippen LogP contribution in [0.2, 0.25) is 0 Å². The number of carbonyl (C=O) groups is 4. The summed E-state index contributed by atoms with van der Waals surface area (Å²) in [6.45, 7) is 6.92. The predicted octanol–water partition coefficient (Wildman–Crippen LogP) is 3.82. The van der Waals surface area contributed by atoms with E-state index in [1.807, 2.05) is 0 Å². The van der Waals surface area contributed by atoms with Crippen LogP contribution in [-0.2, 0) is 32.0 Å². The van der Waals surface area contributed by atoms with E-state index in [0.717, 1.165) is 22.0 Å². The topological polar surface area (TPSA) is 193 Å². The highest BCUT2D eigenvalue weighted by atomic mass is 16.3. The van der Waals surface area contributed by atoms with Crippen LogP contribution < -0.4 is 11.5 Å². The predicted molar refractivity (Wildman–Crippen MR) is 216 cm³/mol. The lowest BCUT2D eigenvalue weighted by molar-refractivity contribution is -0.159. The molecule has 2 aromatic carbocycles. The van der Waals surface area contributed by atoms with Crippen LogP contribution in [0.15, 0.2) is 122 Å². The smallest absolute Gasteiger partial charge is 0.253 e. The van der Waals surface area contributed by atoms with Crippen molar-refractivity contribution < 1.29 is 29.4 Å². The van der Waals surface area contributed by atoms with Crippen molar-refractivity contribution >= 4 is 35.8 Å². The summed E-state index contributed by atoms with van der Waals surface area (Å²) in [5.74, 6) is -4.01. The van der Waals surface area contributed by atoms with Crippen LogP contribution in [0.25, 0.3) is 12.2 Å². The maximum atomic E-state index is 14.3. The molecule has 0 fully saturated rings. The standard InChI is InChI=1S/C44H52N6O6/c1-29(2)39(45)43(55)49(37(51)23-21-33-19-11-13-25-47-33)35(27-31-15-7-5-8-16-31)41(53)42(54)36(28-32-17-9-6-10-18-32)50(44(56)40(46)30(3)4)38(52)24-22-34-20-12-14-26-48-34/h5-26,29-30,35-36,39-42,53-54H,27-28,45-46H2,1-4H3/t35-,36-,39-,40-,41?,42?/m0/s1. The summed E-state index contributed by atoms with van der Waals surface area (Å²) in [7, 11) is 0. The number of pyridine rings is 2. The van der Waals surface area contributed by atoms with Gasteiger partial charge >= 0.3 is 0 Å². The lowest BCUT2D eigenvalue weighted by Crippen LogP contribution is -2.64. The Balaban J connectivity index is 1.89. The second-order valence-corrected chi connectivity index (χ2v) is 14.3. The van der Waals surface area contributed by atoms with Crippen molar-refractivity contribution in [1.29, 1.82) is 0 Å². The summed E-state index contributed by atoms with van der Waals surface area (Å²) in [6, 6.07) is 22.8. The summed E-state index contributed by atoms with van der Waals surface area (Å²) < 4.78 is 0. The van der Waals surface area contributed by atoms with Gasteiger partial charge in [-0.25, -0.2) is 0 Å². The monoisotopic (exact) mass is 760 g/mol. The van der Waals surface area contributed by atoms with E-state index in [0.29, 0.717) is 22.5 Å². The molecule has 0 aliphatic heterocycles. The van der Waals surface area contributed by atoms with Gasteiger partial charge in [-0.05, 0) is 72.2 Å². The number of benzene rings is 2. The van der Waals surface area contributed by atoms with E-state index in [2.05, 4.69) is 9.97 Å². The Kier molecular flexibility index (Phi) is 16.0. The van der Waals surface area contributed by atoms with E-state index in [-0.39, 0.29) is 12.8 Å². The van der Waals surface area contributed by atoms with E-state index in [9.17, 15) is 29.4 Å². The van der Waals surface area contributed by atoms with Crippen LogP contribution in [0.4, 0.5) is 0 Å². The number of carbonyl (C=O) groups excluding carboxylic acids is 4. The van der Waals surface area contributed by atoms with Gasteiger partial charge in [0.15, 0.2) is 0 Å². The Hall–Kier alpha value is -5.66. The van der Waals surface area contributed by atoms with Gasteiger partial charge in [0, 0.05) is 24.5 Å². The first-order chi connectivity index (χ1) is 26.8. The molecule has 0 bridgehead atoms. The fraction of sp³-hybridized carbons (Fsp3) is 0.318. The zero-order valence-corrected chi connectivity index (χ0v) is 32.2. The van der Waals surface area contributed by atoms with E-state index in [1.54, 1.807) is 137 Å². The fourth-order valence-electron chi connectivity index (χ4n) is 6.08. The van der Waals surface area contributed by atoms with Crippen molar-refractivity contribution in [2.24, 2.45) is 23.3 Å². The van der Waals surface area contributed by atoms with Gasteiger partial charge in [-0.2, -0.15) is 0 Å². The summed E-state index contributed by atoms with van der Waals surface area (Å²) in [5, 5.41) is 24.9. The fourth-order valence-corrected chi connectivity index (χ4v) is 6.08. The van der Waals surface area contributed by atoms with Crippen molar-refractivity contribution in [3.8, 4) is 0 Å². The van der Waals surface area contributed by atoms with Gasteiger partial charge in [-0.15, -0.1) is 0 Å². The van der Waals surface area contributed by atoms with Gasteiger partial charge in [0.25, 0.3) is 11.8 Å². The molecular formula is C44H52N6O6. The summed E-state index contributed by atoms with van der Waals surface area (Å²) >= 11 is 0. The minimum Gasteiger partial charge on any atom is -0.388 e. The average molecular weight is 761 g/mol. The lowest BCUT2D eigenvalue weighted by atomic mass is 9.88. The zero-order chi connectivity index (χ0) is 40.8. The van der Waals surface area contributed by atoms with Gasteiger partial charge in [0.1, 0.15) is 12.2 Å². The third kappa shape index (κ3) is 11.7. The van der Waals surface area contributed by atoms with Crippen molar-refractivity contribution in [1.82, 2.24) is 19.8 Å². The van der Waals surface area contributed by atoms with Gasteiger partial charge in [0.05, 0.1) is 35.6 Å². The van der Waals surface area contributed by atoms with E-state index in [4.69, 9.17) is 11.5 Å². The lowest BCUT2D eigenvalue weighted by Gasteiger charge is -2.41. The minimum atomic E-state index is -1.92. The molecule has 2 heterocycles. The number of aliphatic hydroxyl groups is 2. The van der Waals surface area contributed by atoms with Crippen LogP contribution in [0.5, 0.6) is 0 Å². The third-order valence-corrected chi connectivity index (χ3v) is 9.50. The highest BCUT2D eigenvalue weighted by Crippen LogP contribution is 2.25. The van der Waals surface area contributed by atoms with E-state index < -0.39 is 71.8 Å². The molecule has 4 aromatic rings. The largest absolute Gasteiger partial charge is 0.388 e. The molecule has 0 aliphatic rings. The van der Waals surface area contributed by atoms with Crippen LogP contribution >= 0.6 is 0 Å². The van der Waals surface area contributed by atoms with Crippen molar-refractivity contribution in [2.75, 3.05) is 0 Å². The number of amides is 4. The molecule has 0 spiro atoms. The molecule has 0 saturated heterocycles. The molecule has 56 heavy (non-hydrogen) atoms. The number of nitrogens with two attached hydrogens (primary N) is 2. The maximum absolute atomic E-state index is 14.3. The molecular weight excluding hydrogens is 709 g/mol. The number of aromatic nitrogens is 2. The highest BCUT2D eigenvalue weighted by Gasteiger charge is 2.45. The Morgan fingerprint density at radius 3 is 1.21 bits per heavy atom. The zero-order valence-electron chi connectivity index (χ0n) is 32.2. The number of hydrogen-bond donors (Lipinski definition) is 4. The Labute approximate surface area is 328 Å². The van der Waals surface area contributed by atoms with Crippen LogP contribution in [0.3, 0.4) is 0 Å². The molecule has 0 aliphatic carbocycles. The average Bonchev–Trinajstić information content (AvgIpc) is 3.21. The quantitative estimate of drug-likeness (QED) is 0.115. The maximum Gasteiger partial charge on any atom is 0.253 e. The molecule has 6 N–H and O–H groups in total.